The van der Waals surface area contributed by atoms with Crippen molar-refractivity contribution in [1.29, 1.82) is 0 Å². The van der Waals surface area contributed by atoms with Crippen molar-refractivity contribution < 1.29 is 9.53 Å². The van der Waals surface area contributed by atoms with Gasteiger partial charge in [-0.15, -0.1) is 0 Å². The maximum atomic E-state index is 11.8. The second-order valence-corrected chi connectivity index (χ2v) is 8.16. The van der Waals surface area contributed by atoms with Gasteiger partial charge in [0.25, 0.3) is 0 Å². The van der Waals surface area contributed by atoms with Gasteiger partial charge in [-0.25, -0.2) is 0 Å². The minimum atomic E-state index is -0.0306. The Bertz CT molecular complexity index is 518. The molecule has 6 unspecified atom stereocenters. The van der Waals surface area contributed by atoms with Crippen molar-refractivity contribution in [3.05, 3.63) is 23.8 Å². The highest BCUT2D eigenvalue weighted by molar-refractivity contribution is 5.69. The molecule has 0 N–H and O–H groups in total. The lowest BCUT2D eigenvalue weighted by Gasteiger charge is -2.47. The van der Waals surface area contributed by atoms with Crippen LogP contribution >= 0.6 is 0 Å². The Labute approximate surface area is 140 Å². The van der Waals surface area contributed by atoms with Crippen LogP contribution < -0.4 is 0 Å². The van der Waals surface area contributed by atoms with Crippen LogP contribution in [0.1, 0.15) is 64.7 Å². The monoisotopic (exact) mass is 314 g/mol. The summed E-state index contributed by atoms with van der Waals surface area (Å²) in [4.78, 5) is 11.8. The van der Waals surface area contributed by atoms with Crippen LogP contribution in [0.4, 0.5) is 0 Å². The van der Waals surface area contributed by atoms with Crippen molar-refractivity contribution in [2.24, 2.45) is 29.6 Å². The number of fused-ring (bicyclic) bond motifs is 5. The predicted molar refractivity (Wildman–Crippen MR) is 91.8 cm³/mol. The molecule has 0 aromatic heterocycles. The zero-order valence-electron chi connectivity index (χ0n) is 14.4. The number of ether oxygens (including phenoxy) is 1. The smallest absolute Gasteiger partial charge is 0.306 e. The van der Waals surface area contributed by atoms with Gasteiger partial charge >= 0.3 is 5.97 Å². The normalized spacial score (nSPS) is 41.5. The molecular weight excluding hydrogens is 284 g/mol. The summed E-state index contributed by atoms with van der Waals surface area (Å²) in [5, 5.41) is 0. The van der Waals surface area contributed by atoms with E-state index in [0.717, 1.165) is 42.4 Å². The molecule has 2 fully saturated rings. The molecule has 6 atom stereocenters. The minimum Gasteiger partial charge on any atom is -0.458 e. The molecule has 4 aliphatic rings. The van der Waals surface area contributed by atoms with E-state index in [2.05, 4.69) is 18.2 Å². The van der Waals surface area contributed by atoms with Crippen LogP contribution in [-0.4, -0.2) is 12.1 Å². The summed E-state index contributed by atoms with van der Waals surface area (Å²) < 4.78 is 5.64. The van der Waals surface area contributed by atoms with E-state index in [9.17, 15) is 4.79 Å². The number of hydrogen-bond donors (Lipinski definition) is 0. The first-order chi connectivity index (χ1) is 11.3. The number of esters is 1. The minimum absolute atomic E-state index is 0.0179. The number of carbonyl (C=O) groups is 1. The van der Waals surface area contributed by atoms with E-state index in [4.69, 9.17) is 4.74 Å². The van der Waals surface area contributed by atoms with Gasteiger partial charge in [0.1, 0.15) is 6.10 Å². The number of allylic oxidation sites excluding steroid dienone is 3. The fraction of sp³-hybridized carbons (Fsp3) is 0.762. The Morgan fingerprint density at radius 1 is 1.13 bits per heavy atom. The van der Waals surface area contributed by atoms with Gasteiger partial charge in [0.2, 0.25) is 0 Å². The quantitative estimate of drug-likeness (QED) is 0.682. The van der Waals surface area contributed by atoms with Crippen LogP contribution in [0.3, 0.4) is 0 Å². The summed E-state index contributed by atoms with van der Waals surface area (Å²) in [6, 6.07) is 0. The molecule has 4 rings (SSSR count). The van der Waals surface area contributed by atoms with E-state index in [1.807, 2.05) is 6.92 Å². The van der Waals surface area contributed by atoms with Crippen molar-refractivity contribution in [2.45, 2.75) is 70.8 Å². The lowest BCUT2D eigenvalue weighted by atomic mass is 9.58. The molecule has 0 amide bonds. The van der Waals surface area contributed by atoms with Gasteiger partial charge < -0.3 is 4.74 Å². The van der Waals surface area contributed by atoms with Crippen LogP contribution in [0.15, 0.2) is 23.8 Å². The molecule has 0 aromatic rings. The van der Waals surface area contributed by atoms with Crippen LogP contribution in [0.2, 0.25) is 0 Å². The number of carbonyl (C=O) groups excluding carboxylic acids is 1. The summed E-state index contributed by atoms with van der Waals surface area (Å²) in [5.74, 6) is 4.37. The molecule has 2 nitrogen and oxygen atoms in total. The standard InChI is InChI=1S/C21H30O2/c1-2-4-21(22)23-16-9-12-18-15(13-16)8-11-19-17-6-3-5-14(17)7-10-20(18)19/h8,11,13-14,16-20H,2-7,9-10,12H2,1H3. The highest BCUT2D eigenvalue weighted by Crippen LogP contribution is 2.54. The maximum absolute atomic E-state index is 11.8. The summed E-state index contributed by atoms with van der Waals surface area (Å²) in [6.07, 6.45) is 18.1. The van der Waals surface area contributed by atoms with E-state index in [1.54, 1.807) is 0 Å². The zero-order valence-corrected chi connectivity index (χ0v) is 14.4. The van der Waals surface area contributed by atoms with Gasteiger partial charge in [0.15, 0.2) is 0 Å². The molecule has 0 bridgehead atoms. The first-order valence-electron chi connectivity index (χ1n) is 9.85. The molecule has 0 radical (unpaired) electrons. The molecule has 4 aliphatic carbocycles. The van der Waals surface area contributed by atoms with E-state index in [1.165, 1.54) is 44.1 Å². The summed E-state index contributed by atoms with van der Waals surface area (Å²) in [7, 11) is 0. The first-order valence-corrected chi connectivity index (χ1v) is 9.85. The summed E-state index contributed by atoms with van der Waals surface area (Å²) >= 11 is 0. The molecule has 0 heterocycles. The van der Waals surface area contributed by atoms with Gasteiger partial charge in [-0.2, -0.15) is 0 Å². The van der Waals surface area contributed by atoms with E-state index >= 15 is 0 Å². The fourth-order valence-corrected chi connectivity index (χ4v) is 5.92. The molecule has 0 aromatic carbocycles. The Hall–Kier alpha value is -1.05. The predicted octanol–water partition coefficient (Wildman–Crippen LogP) is 5.05. The van der Waals surface area contributed by atoms with Crippen LogP contribution in [0, 0.1) is 29.6 Å². The molecule has 0 aliphatic heterocycles. The summed E-state index contributed by atoms with van der Waals surface area (Å²) in [6.45, 7) is 2.03. The van der Waals surface area contributed by atoms with Gasteiger partial charge in [-0.1, -0.05) is 31.9 Å². The number of rotatable bonds is 3. The third kappa shape index (κ3) is 2.90. The van der Waals surface area contributed by atoms with Gasteiger partial charge in [-0.3, -0.25) is 4.79 Å². The van der Waals surface area contributed by atoms with Gasteiger partial charge in [-0.05, 0) is 79.8 Å². The molecular formula is C21H30O2. The molecule has 0 spiro atoms. The fourth-order valence-electron chi connectivity index (χ4n) is 5.92. The largest absolute Gasteiger partial charge is 0.458 e. The Morgan fingerprint density at radius 2 is 2.04 bits per heavy atom. The first kappa shape index (κ1) is 15.5. The Balaban J connectivity index is 1.49. The van der Waals surface area contributed by atoms with Crippen LogP contribution in [-0.2, 0) is 9.53 Å². The Morgan fingerprint density at radius 3 is 2.91 bits per heavy atom. The molecule has 2 heteroatoms. The van der Waals surface area contributed by atoms with Crippen molar-refractivity contribution in [1.82, 2.24) is 0 Å². The Kier molecular flexibility index (Phi) is 4.34. The van der Waals surface area contributed by atoms with Crippen molar-refractivity contribution in [3.8, 4) is 0 Å². The molecule has 23 heavy (non-hydrogen) atoms. The van der Waals surface area contributed by atoms with Crippen LogP contribution in [0.5, 0.6) is 0 Å². The second kappa shape index (κ2) is 6.45. The second-order valence-electron chi connectivity index (χ2n) is 8.16. The van der Waals surface area contributed by atoms with Gasteiger partial charge in [0.05, 0.1) is 0 Å². The van der Waals surface area contributed by atoms with Crippen LogP contribution in [0.25, 0.3) is 0 Å². The van der Waals surface area contributed by atoms with E-state index in [0.29, 0.717) is 6.42 Å². The lowest BCUT2D eigenvalue weighted by Crippen LogP contribution is -2.39. The van der Waals surface area contributed by atoms with Gasteiger partial charge in [0, 0.05) is 6.42 Å². The topological polar surface area (TPSA) is 26.3 Å². The average molecular weight is 314 g/mol. The van der Waals surface area contributed by atoms with Crippen molar-refractivity contribution >= 4 is 5.97 Å². The SMILES string of the molecule is CCCC(=O)OC1C=C2C=CC3C4CCCC4CCC3C2CC1. The molecule has 2 saturated carbocycles. The highest BCUT2D eigenvalue weighted by atomic mass is 16.5. The third-order valence-corrected chi connectivity index (χ3v) is 6.91. The summed E-state index contributed by atoms with van der Waals surface area (Å²) in [5.41, 5.74) is 1.46. The van der Waals surface area contributed by atoms with Crippen molar-refractivity contribution in [3.63, 3.8) is 0 Å². The molecule has 126 valence electrons. The lowest BCUT2D eigenvalue weighted by molar-refractivity contribution is -0.147. The average Bonchev–Trinajstić information content (AvgIpc) is 3.03. The molecule has 0 saturated heterocycles. The third-order valence-electron chi connectivity index (χ3n) is 6.91. The highest BCUT2D eigenvalue weighted by Gasteiger charge is 2.45. The number of hydrogen-bond acceptors (Lipinski definition) is 2. The maximum Gasteiger partial charge on any atom is 0.306 e. The van der Waals surface area contributed by atoms with E-state index < -0.39 is 0 Å². The van der Waals surface area contributed by atoms with E-state index in [-0.39, 0.29) is 12.1 Å². The zero-order chi connectivity index (χ0) is 15.8. The van der Waals surface area contributed by atoms with Crippen molar-refractivity contribution in [2.75, 3.05) is 0 Å².